The van der Waals surface area contributed by atoms with Gasteiger partial charge < -0.3 is 10.5 Å². The first-order valence-corrected chi connectivity index (χ1v) is 7.34. The van der Waals surface area contributed by atoms with Gasteiger partial charge in [0.2, 0.25) is 0 Å². The SMILES string of the molecule is Nc1c(Oc2cccc3ncccc23)ccc2scnc12. The number of nitrogen functional groups attached to an aromatic ring is 1. The normalized spacial score (nSPS) is 11.0. The van der Waals surface area contributed by atoms with Gasteiger partial charge in [0.25, 0.3) is 0 Å². The van der Waals surface area contributed by atoms with Crippen LogP contribution in [0.2, 0.25) is 0 Å². The van der Waals surface area contributed by atoms with Crippen LogP contribution in [0.4, 0.5) is 5.69 Å². The number of pyridine rings is 1. The lowest BCUT2D eigenvalue weighted by Gasteiger charge is -2.10. The maximum Gasteiger partial charge on any atom is 0.152 e. The number of fused-ring (bicyclic) bond motifs is 2. The van der Waals surface area contributed by atoms with Crippen LogP contribution in [0.3, 0.4) is 0 Å². The summed E-state index contributed by atoms with van der Waals surface area (Å²) in [6.07, 6.45) is 1.77. The number of rotatable bonds is 2. The molecule has 5 heteroatoms. The number of hydrogen-bond acceptors (Lipinski definition) is 5. The predicted molar refractivity (Wildman–Crippen MR) is 85.8 cm³/mol. The van der Waals surface area contributed by atoms with Crippen LogP contribution in [0.15, 0.2) is 54.2 Å². The number of anilines is 1. The van der Waals surface area contributed by atoms with E-state index in [1.807, 2.05) is 42.5 Å². The zero-order valence-corrected chi connectivity index (χ0v) is 11.8. The molecule has 0 aliphatic carbocycles. The average molecular weight is 293 g/mol. The smallest absolute Gasteiger partial charge is 0.152 e. The van der Waals surface area contributed by atoms with Crippen molar-refractivity contribution < 1.29 is 4.74 Å². The van der Waals surface area contributed by atoms with Crippen LogP contribution in [0.25, 0.3) is 21.1 Å². The molecule has 4 aromatic rings. The molecule has 0 saturated heterocycles. The summed E-state index contributed by atoms with van der Waals surface area (Å²) in [6.45, 7) is 0. The van der Waals surface area contributed by atoms with Crippen molar-refractivity contribution >= 4 is 38.1 Å². The molecule has 21 heavy (non-hydrogen) atoms. The van der Waals surface area contributed by atoms with Crippen molar-refractivity contribution in [3.63, 3.8) is 0 Å². The van der Waals surface area contributed by atoms with Crippen LogP contribution in [-0.2, 0) is 0 Å². The number of benzene rings is 2. The summed E-state index contributed by atoms with van der Waals surface area (Å²) in [7, 11) is 0. The Morgan fingerprint density at radius 1 is 0.952 bits per heavy atom. The zero-order chi connectivity index (χ0) is 14.2. The number of ether oxygens (including phenoxy) is 1. The number of thiazole rings is 1. The highest BCUT2D eigenvalue weighted by atomic mass is 32.1. The molecule has 0 radical (unpaired) electrons. The van der Waals surface area contributed by atoms with Crippen LogP contribution < -0.4 is 10.5 Å². The Morgan fingerprint density at radius 2 is 1.90 bits per heavy atom. The van der Waals surface area contributed by atoms with Crippen molar-refractivity contribution in [1.29, 1.82) is 0 Å². The van der Waals surface area contributed by atoms with Crippen LogP contribution in [0.1, 0.15) is 0 Å². The third kappa shape index (κ3) is 1.98. The first-order valence-electron chi connectivity index (χ1n) is 6.46. The predicted octanol–water partition coefficient (Wildman–Crippen LogP) is 4.22. The first-order chi connectivity index (χ1) is 10.3. The van der Waals surface area contributed by atoms with Gasteiger partial charge in [-0.1, -0.05) is 6.07 Å². The summed E-state index contributed by atoms with van der Waals surface area (Å²) in [5.41, 5.74) is 10.2. The zero-order valence-electron chi connectivity index (χ0n) is 11.0. The van der Waals surface area contributed by atoms with Gasteiger partial charge in [-0.3, -0.25) is 4.98 Å². The van der Waals surface area contributed by atoms with E-state index in [0.29, 0.717) is 11.4 Å². The fourth-order valence-electron chi connectivity index (χ4n) is 2.31. The van der Waals surface area contributed by atoms with Gasteiger partial charge in [-0.05, 0) is 36.4 Å². The molecule has 0 amide bonds. The van der Waals surface area contributed by atoms with E-state index in [9.17, 15) is 0 Å². The molecule has 0 unspecified atom stereocenters. The molecule has 0 bridgehead atoms. The van der Waals surface area contributed by atoms with Gasteiger partial charge in [-0.25, -0.2) is 4.98 Å². The Kier molecular flexibility index (Phi) is 2.72. The standard InChI is InChI=1S/C16H11N3OS/c17-15-13(6-7-14-16(15)19-9-21-14)20-12-5-1-4-11-10(12)3-2-8-18-11/h1-9H,17H2. The van der Waals surface area contributed by atoms with E-state index >= 15 is 0 Å². The minimum Gasteiger partial charge on any atom is -0.454 e. The average Bonchev–Trinajstić information content (AvgIpc) is 3.00. The number of nitrogens with zero attached hydrogens (tertiary/aromatic N) is 2. The van der Waals surface area contributed by atoms with Crippen molar-refractivity contribution in [3.8, 4) is 11.5 Å². The van der Waals surface area contributed by atoms with Crippen LogP contribution in [0.5, 0.6) is 11.5 Å². The van der Waals surface area contributed by atoms with Gasteiger partial charge in [0, 0.05) is 11.6 Å². The van der Waals surface area contributed by atoms with Crippen molar-refractivity contribution in [2.24, 2.45) is 0 Å². The summed E-state index contributed by atoms with van der Waals surface area (Å²) < 4.78 is 7.05. The third-order valence-corrected chi connectivity index (χ3v) is 4.12. The molecule has 4 rings (SSSR count). The lowest BCUT2D eigenvalue weighted by Crippen LogP contribution is -1.94. The maximum atomic E-state index is 6.16. The van der Waals surface area contributed by atoms with Gasteiger partial charge >= 0.3 is 0 Å². The molecule has 0 atom stereocenters. The van der Waals surface area contributed by atoms with Crippen LogP contribution in [0, 0.1) is 0 Å². The van der Waals surface area contributed by atoms with E-state index < -0.39 is 0 Å². The molecule has 0 fully saturated rings. The van der Waals surface area contributed by atoms with Crippen molar-refractivity contribution in [1.82, 2.24) is 9.97 Å². The molecule has 0 aliphatic rings. The van der Waals surface area contributed by atoms with Crippen molar-refractivity contribution in [2.45, 2.75) is 0 Å². The lowest BCUT2D eigenvalue weighted by atomic mass is 10.2. The summed E-state index contributed by atoms with van der Waals surface area (Å²) in [5.74, 6) is 1.35. The quantitative estimate of drug-likeness (QED) is 0.562. The number of hydrogen-bond donors (Lipinski definition) is 1. The number of nitrogens with two attached hydrogens (primary N) is 1. The Bertz CT molecular complexity index is 943. The molecular formula is C16H11N3OS. The summed E-state index contributed by atoms with van der Waals surface area (Å²) in [5, 5.41) is 0.956. The highest BCUT2D eigenvalue weighted by Crippen LogP contribution is 2.36. The maximum absolute atomic E-state index is 6.16. The highest BCUT2D eigenvalue weighted by molar-refractivity contribution is 7.16. The molecule has 0 saturated carbocycles. The van der Waals surface area contributed by atoms with Crippen LogP contribution in [-0.4, -0.2) is 9.97 Å². The second kappa shape index (κ2) is 4.71. The van der Waals surface area contributed by atoms with Gasteiger partial charge in [-0.2, -0.15) is 0 Å². The largest absolute Gasteiger partial charge is 0.454 e. The Labute approximate surface area is 124 Å². The molecule has 2 N–H and O–H groups in total. The summed E-state index contributed by atoms with van der Waals surface area (Å²) in [4.78, 5) is 8.61. The third-order valence-electron chi connectivity index (χ3n) is 3.33. The van der Waals surface area contributed by atoms with Gasteiger partial charge in [0.15, 0.2) is 5.75 Å². The monoisotopic (exact) mass is 293 g/mol. The van der Waals surface area contributed by atoms with Gasteiger partial charge in [0.1, 0.15) is 17.0 Å². The highest BCUT2D eigenvalue weighted by Gasteiger charge is 2.10. The fourth-order valence-corrected chi connectivity index (χ4v) is 3.00. The Balaban J connectivity index is 1.84. The van der Waals surface area contributed by atoms with Gasteiger partial charge in [0.05, 0.1) is 15.7 Å². The van der Waals surface area contributed by atoms with E-state index in [-0.39, 0.29) is 0 Å². The lowest BCUT2D eigenvalue weighted by molar-refractivity contribution is 0.491. The van der Waals surface area contributed by atoms with E-state index in [1.54, 1.807) is 23.0 Å². The van der Waals surface area contributed by atoms with E-state index in [0.717, 1.165) is 26.9 Å². The molecule has 4 nitrogen and oxygen atoms in total. The summed E-state index contributed by atoms with van der Waals surface area (Å²) in [6, 6.07) is 13.5. The molecule has 0 spiro atoms. The van der Waals surface area contributed by atoms with E-state index in [1.165, 1.54) is 0 Å². The molecular weight excluding hydrogens is 282 g/mol. The summed E-state index contributed by atoms with van der Waals surface area (Å²) >= 11 is 1.56. The Morgan fingerprint density at radius 3 is 2.86 bits per heavy atom. The van der Waals surface area contributed by atoms with E-state index in [2.05, 4.69) is 9.97 Å². The van der Waals surface area contributed by atoms with Gasteiger partial charge in [-0.15, -0.1) is 11.3 Å². The topological polar surface area (TPSA) is 61.0 Å². The fraction of sp³-hybridized carbons (Fsp3) is 0. The van der Waals surface area contributed by atoms with Crippen molar-refractivity contribution in [3.05, 3.63) is 54.2 Å². The van der Waals surface area contributed by atoms with Crippen LogP contribution >= 0.6 is 11.3 Å². The molecule has 2 heterocycles. The second-order valence-electron chi connectivity index (χ2n) is 4.60. The first kappa shape index (κ1) is 12.1. The second-order valence-corrected chi connectivity index (χ2v) is 5.49. The number of aromatic nitrogens is 2. The minimum atomic E-state index is 0.564. The Hall–Kier alpha value is -2.66. The minimum absolute atomic E-state index is 0.564. The van der Waals surface area contributed by atoms with Crippen molar-refractivity contribution in [2.75, 3.05) is 5.73 Å². The van der Waals surface area contributed by atoms with E-state index in [4.69, 9.17) is 10.5 Å². The molecule has 0 aliphatic heterocycles. The molecule has 2 aromatic heterocycles. The molecule has 2 aromatic carbocycles. The molecule has 102 valence electrons.